The molecule has 26 heavy (non-hydrogen) atoms. The van der Waals surface area contributed by atoms with Crippen molar-refractivity contribution in [3.05, 3.63) is 59.0 Å². The van der Waals surface area contributed by atoms with Crippen LogP contribution in [0.25, 0.3) is 0 Å². The number of anilines is 1. The summed E-state index contributed by atoms with van der Waals surface area (Å²) in [6.07, 6.45) is 2.60. The second kappa shape index (κ2) is 6.74. The van der Waals surface area contributed by atoms with Crippen LogP contribution < -0.4 is 9.64 Å². The molecular formula is C19H21N5O2. The van der Waals surface area contributed by atoms with Gasteiger partial charge in [-0.3, -0.25) is 0 Å². The number of hydrogen-bond donors (Lipinski definition) is 0. The largest absolute Gasteiger partial charge is 0.497 e. The van der Waals surface area contributed by atoms with E-state index < -0.39 is 0 Å². The maximum atomic E-state index is 5.31. The van der Waals surface area contributed by atoms with Gasteiger partial charge in [-0.25, -0.2) is 9.97 Å². The highest BCUT2D eigenvalue weighted by molar-refractivity contribution is 5.39. The zero-order valence-electron chi connectivity index (χ0n) is 15.1. The number of benzene rings is 1. The number of hydrogen-bond acceptors (Lipinski definition) is 7. The normalized spacial score (nSPS) is 13.3. The van der Waals surface area contributed by atoms with E-state index in [-0.39, 0.29) is 5.92 Å². The number of nitrogens with zero attached hydrogens (tertiary/aromatic N) is 5. The molecule has 0 spiro atoms. The molecule has 0 radical (unpaired) electrons. The Morgan fingerprint density at radius 1 is 1.15 bits per heavy atom. The molecule has 0 amide bonds. The smallest absolute Gasteiger partial charge is 0.266 e. The predicted octanol–water partition coefficient (Wildman–Crippen LogP) is 3.10. The van der Waals surface area contributed by atoms with Crippen LogP contribution in [0.4, 0.5) is 5.95 Å². The van der Waals surface area contributed by atoms with Crippen molar-refractivity contribution in [1.29, 1.82) is 0 Å². The highest BCUT2D eigenvalue weighted by Crippen LogP contribution is 2.26. The van der Waals surface area contributed by atoms with E-state index in [1.54, 1.807) is 7.11 Å². The van der Waals surface area contributed by atoms with Crippen LogP contribution in [-0.2, 0) is 19.5 Å². The van der Waals surface area contributed by atoms with Crippen molar-refractivity contribution in [2.45, 2.75) is 39.3 Å². The van der Waals surface area contributed by atoms with E-state index in [2.05, 4.69) is 20.0 Å². The predicted molar refractivity (Wildman–Crippen MR) is 96.1 cm³/mol. The fourth-order valence-electron chi connectivity index (χ4n) is 2.94. The van der Waals surface area contributed by atoms with Crippen LogP contribution >= 0.6 is 0 Å². The molecule has 1 aliphatic heterocycles. The number of fused-ring (bicyclic) bond motifs is 1. The Kier molecular flexibility index (Phi) is 4.28. The summed E-state index contributed by atoms with van der Waals surface area (Å²) >= 11 is 0. The summed E-state index contributed by atoms with van der Waals surface area (Å²) in [7, 11) is 1.66. The standard InChI is InChI=1S/C19H21N5O2/c1-12(2)18-22-19(23-26-18)24-10-14-9-20-17(21-16(14)11-24)8-13-4-6-15(25-3)7-5-13/h4-7,9,12H,8,10-11H2,1-3H3. The maximum absolute atomic E-state index is 5.31. The first-order valence-corrected chi connectivity index (χ1v) is 8.67. The summed E-state index contributed by atoms with van der Waals surface area (Å²) in [5.41, 5.74) is 3.29. The minimum Gasteiger partial charge on any atom is -0.497 e. The summed E-state index contributed by atoms with van der Waals surface area (Å²) in [4.78, 5) is 15.8. The van der Waals surface area contributed by atoms with Gasteiger partial charge in [0.2, 0.25) is 5.89 Å². The molecule has 0 saturated heterocycles. The average molecular weight is 351 g/mol. The molecule has 3 heterocycles. The average Bonchev–Trinajstić information content (AvgIpc) is 3.29. The van der Waals surface area contributed by atoms with E-state index in [1.807, 2.05) is 44.3 Å². The van der Waals surface area contributed by atoms with Crippen LogP contribution in [0.1, 0.15) is 48.3 Å². The lowest BCUT2D eigenvalue weighted by Crippen LogP contribution is -2.16. The van der Waals surface area contributed by atoms with Crippen LogP contribution in [0.3, 0.4) is 0 Å². The van der Waals surface area contributed by atoms with Crippen LogP contribution in [0, 0.1) is 0 Å². The van der Waals surface area contributed by atoms with Gasteiger partial charge in [0.15, 0.2) is 0 Å². The van der Waals surface area contributed by atoms with Gasteiger partial charge in [-0.15, -0.1) is 0 Å². The minimum atomic E-state index is 0.220. The molecule has 0 bridgehead atoms. The summed E-state index contributed by atoms with van der Waals surface area (Å²) in [5.74, 6) is 3.15. The van der Waals surface area contributed by atoms with Crippen LogP contribution in [0.15, 0.2) is 35.0 Å². The highest BCUT2D eigenvalue weighted by Gasteiger charge is 2.25. The van der Waals surface area contributed by atoms with Crippen LogP contribution in [-0.4, -0.2) is 27.2 Å². The Morgan fingerprint density at radius 3 is 2.65 bits per heavy atom. The Hall–Kier alpha value is -2.96. The molecule has 0 unspecified atom stereocenters. The quantitative estimate of drug-likeness (QED) is 0.699. The Bertz CT molecular complexity index is 905. The molecule has 1 aliphatic rings. The fraction of sp³-hybridized carbons (Fsp3) is 0.368. The Labute approximate surface area is 152 Å². The third kappa shape index (κ3) is 3.24. The summed E-state index contributed by atoms with van der Waals surface area (Å²) in [6.45, 7) is 5.44. The van der Waals surface area contributed by atoms with E-state index in [1.165, 1.54) is 0 Å². The van der Waals surface area contributed by atoms with Crippen molar-refractivity contribution in [3.63, 3.8) is 0 Å². The van der Waals surface area contributed by atoms with E-state index in [0.717, 1.165) is 28.4 Å². The van der Waals surface area contributed by atoms with E-state index >= 15 is 0 Å². The van der Waals surface area contributed by atoms with E-state index in [9.17, 15) is 0 Å². The van der Waals surface area contributed by atoms with Crippen molar-refractivity contribution < 1.29 is 9.26 Å². The molecule has 4 rings (SSSR count). The second-order valence-electron chi connectivity index (χ2n) is 6.73. The van der Waals surface area contributed by atoms with E-state index in [0.29, 0.717) is 31.3 Å². The van der Waals surface area contributed by atoms with Gasteiger partial charge in [-0.2, -0.15) is 4.98 Å². The molecule has 2 aromatic heterocycles. The summed E-state index contributed by atoms with van der Waals surface area (Å²) < 4.78 is 10.5. The van der Waals surface area contributed by atoms with Gasteiger partial charge < -0.3 is 14.2 Å². The molecule has 0 N–H and O–H groups in total. The van der Waals surface area contributed by atoms with Gasteiger partial charge in [-0.05, 0) is 22.9 Å². The van der Waals surface area contributed by atoms with Gasteiger partial charge in [0.05, 0.1) is 19.3 Å². The zero-order chi connectivity index (χ0) is 18.1. The second-order valence-corrected chi connectivity index (χ2v) is 6.73. The first kappa shape index (κ1) is 16.5. The fourth-order valence-corrected chi connectivity index (χ4v) is 2.94. The number of rotatable bonds is 5. The van der Waals surface area contributed by atoms with Gasteiger partial charge in [0, 0.05) is 30.6 Å². The first-order chi connectivity index (χ1) is 12.6. The third-order valence-corrected chi connectivity index (χ3v) is 4.43. The topological polar surface area (TPSA) is 77.2 Å². The SMILES string of the molecule is COc1ccc(Cc2ncc3c(n2)CN(c2noc(C(C)C)n2)C3)cc1. The Morgan fingerprint density at radius 2 is 1.96 bits per heavy atom. The molecule has 0 saturated carbocycles. The van der Waals surface area contributed by atoms with Crippen molar-refractivity contribution in [1.82, 2.24) is 20.1 Å². The lowest BCUT2D eigenvalue weighted by Gasteiger charge is -2.10. The molecule has 0 atom stereocenters. The molecular weight excluding hydrogens is 330 g/mol. The lowest BCUT2D eigenvalue weighted by molar-refractivity contribution is 0.364. The summed E-state index contributed by atoms with van der Waals surface area (Å²) in [5, 5.41) is 4.09. The third-order valence-electron chi connectivity index (χ3n) is 4.43. The monoisotopic (exact) mass is 351 g/mol. The van der Waals surface area contributed by atoms with Crippen LogP contribution in [0.5, 0.6) is 5.75 Å². The van der Waals surface area contributed by atoms with Gasteiger partial charge in [-0.1, -0.05) is 26.0 Å². The molecule has 7 nitrogen and oxygen atoms in total. The number of ether oxygens (including phenoxy) is 1. The first-order valence-electron chi connectivity index (χ1n) is 8.67. The number of methoxy groups -OCH3 is 1. The minimum absolute atomic E-state index is 0.220. The molecule has 0 fully saturated rings. The summed E-state index contributed by atoms with van der Waals surface area (Å²) in [6, 6.07) is 7.98. The molecule has 0 aliphatic carbocycles. The van der Waals surface area contributed by atoms with Crippen molar-refractivity contribution in [2.75, 3.05) is 12.0 Å². The molecule has 3 aromatic rings. The zero-order valence-corrected chi connectivity index (χ0v) is 15.1. The van der Waals surface area contributed by atoms with Crippen LogP contribution in [0.2, 0.25) is 0 Å². The van der Waals surface area contributed by atoms with Crippen molar-refractivity contribution in [3.8, 4) is 5.75 Å². The maximum Gasteiger partial charge on any atom is 0.266 e. The van der Waals surface area contributed by atoms with E-state index in [4.69, 9.17) is 14.2 Å². The van der Waals surface area contributed by atoms with Gasteiger partial charge >= 0.3 is 0 Å². The molecule has 7 heteroatoms. The van der Waals surface area contributed by atoms with Crippen molar-refractivity contribution in [2.24, 2.45) is 0 Å². The number of aromatic nitrogens is 4. The molecule has 134 valence electrons. The molecule has 1 aromatic carbocycles. The lowest BCUT2D eigenvalue weighted by atomic mass is 10.1. The van der Waals surface area contributed by atoms with Crippen molar-refractivity contribution >= 4 is 5.95 Å². The Balaban J connectivity index is 1.48. The van der Waals surface area contributed by atoms with Gasteiger partial charge in [0.25, 0.3) is 5.95 Å². The van der Waals surface area contributed by atoms with Gasteiger partial charge in [0.1, 0.15) is 11.6 Å². The highest BCUT2D eigenvalue weighted by atomic mass is 16.5.